The molecule has 2 aromatic rings. The van der Waals surface area contributed by atoms with Crippen LogP contribution in [0.4, 0.5) is 0 Å². The topological polar surface area (TPSA) is 93.1 Å². The number of hydrogen-bond acceptors (Lipinski definition) is 5. The smallest absolute Gasteiger partial charge is 0.318 e. The van der Waals surface area contributed by atoms with Gasteiger partial charge in [-0.3, -0.25) is 4.79 Å². The van der Waals surface area contributed by atoms with Gasteiger partial charge in [-0.15, -0.1) is 0 Å². The molecule has 7 nitrogen and oxygen atoms in total. The summed E-state index contributed by atoms with van der Waals surface area (Å²) in [5, 5.41) is 9.26. The maximum absolute atomic E-state index is 12.4. The average molecular weight is 419 g/mol. The van der Waals surface area contributed by atoms with Crippen molar-refractivity contribution >= 4 is 16.0 Å². The van der Waals surface area contributed by atoms with Crippen LogP contribution in [0.3, 0.4) is 0 Å². The summed E-state index contributed by atoms with van der Waals surface area (Å²) in [5.41, 5.74) is 0.954. The Kier molecular flexibility index (Phi) is 5.86. The molecule has 0 bridgehead atoms. The second-order valence-electron chi connectivity index (χ2n) is 7.76. The van der Waals surface area contributed by atoms with Gasteiger partial charge in [-0.25, -0.2) is 8.42 Å². The molecule has 0 saturated carbocycles. The Morgan fingerprint density at radius 2 is 1.93 bits per heavy atom. The molecular weight excluding hydrogens is 394 g/mol. The summed E-state index contributed by atoms with van der Waals surface area (Å²) in [6, 6.07) is 14.2. The first kappa shape index (κ1) is 21.1. The number of hydrogen-bond donors (Lipinski definition) is 1. The number of carboxylic acids is 1. The second kappa shape index (κ2) is 8.04. The van der Waals surface area contributed by atoms with E-state index in [0.717, 1.165) is 16.1 Å². The van der Waals surface area contributed by atoms with Crippen LogP contribution in [0.5, 0.6) is 11.5 Å². The minimum absolute atomic E-state index is 0.322. The lowest BCUT2D eigenvalue weighted by Crippen LogP contribution is -2.45. The number of ether oxygens (including phenoxy) is 2. The molecule has 0 spiro atoms. The highest BCUT2D eigenvalue weighted by Crippen LogP contribution is 2.44. The van der Waals surface area contributed by atoms with Gasteiger partial charge in [0.2, 0.25) is 10.0 Å². The minimum atomic E-state index is -3.76. The maximum atomic E-state index is 12.4. The molecule has 1 unspecified atom stereocenters. The first-order valence-electron chi connectivity index (χ1n) is 9.23. The molecule has 0 aromatic heterocycles. The van der Waals surface area contributed by atoms with Gasteiger partial charge in [0.05, 0.1) is 12.3 Å². The quantitative estimate of drug-likeness (QED) is 0.741. The van der Waals surface area contributed by atoms with Crippen LogP contribution in [0.1, 0.15) is 37.4 Å². The monoisotopic (exact) mass is 419 g/mol. The Labute approximate surface area is 170 Å². The van der Waals surface area contributed by atoms with E-state index in [4.69, 9.17) is 9.47 Å². The largest absolute Gasteiger partial charge is 0.489 e. The zero-order chi connectivity index (χ0) is 21.2. The number of fused-ring (bicyclic) bond motifs is 1. The molecule has 8 heteroatoms. The number of carboxylic acid groups (broad SMARTS) is 1. The Morgan fingerprint density at radius 1 is 1.24 bits per heavy atom. The van der Waals surface area contributed by atoms with Crippen molar-refractivity contribution < 1.29 is 27.8 Å². The average Bonchev–Trinajstić information content (AvgIpc) is 2.63. The van der Waals surface area contributed by atoms with E-state index in [0.29, 0.717) is 30.1 Å². The van der Waals surface area contributed by atoms with E-state index in [1.807, 2.05) is 44.2 Å². The van der Waals surface area contributed by atoms with Gasteiger partial charge in [-0.05, 0) is 37.6 Å². The fraction of sp³-hybridized carbons (Fsp3) is 0.381. The molecular formula is C21H25NO6S. The molecule has 3 rings (SSSR count). The molecule has 0 saturated heterocycles. The van der Waals surface area contributed by atoms with Crippen molar-refractivity contribution in [2.75, 3.05) is 12.8 Å². The normalized spacial score (nSPS) is 18.0. The van der Waals surface area contributed by atoms with E-state index in [9.17, 15) is 18.3 Å². The van der Waals surface area contributed by atoms with E-state index in [-0.39, 0.29) is 0 Å². The SMILES string of the molecule is CC1(C)CC(N(CC(=O)O)S(C)(=O)=O)c2cc(OCc3ccccc3)ccc2O1. The maximum Gasteiger partial charge on any atom is 0.318 e. The summed E-state index contributed by atoms with van der Waals surface area (Å²) in [5.74, 6) is -0.125. The van der Waals surface area contributed by atoms with Crippen LogP contribution in [0.15, 0.2) is 48.5 Å². The third-order valence-corrected chi connectivity index (χ3v) is 5.96. The van der Waals surface area contributed by atoms with Crippen LogP contribution in [0.2, 0.25) is 0 Å². The summed E-state index contributed by atoms with van der Waals surface area (Å²) in [6.07, 6.45) is 1.34. The first-order chi connectivity index (χ1) is 13.5. The molecule has 1 N–H and O–H groups in total. The second-order valence-corrected chi connectivity index (χ2v) is 9.69. The van der Waals surface area contributed by atoms with Crippen LogP contribution in [-0.2, 0) is 21.4 Å². The van der Waals surface area contributed by atoms with Crippen LogP contribution in [0.25, 0.3) is 0 Å². The van der Waals surface area contributed by atoms with E-state index in [1.54, 1.807) is 18.2 Å². The van der Waals surface area contributed by atoms with Gasteiger partial charge in [-0.2, -0.15) is 4.31 Å². The summed E-state index contributed by atoms with van der Waals surface area (Å²) < 4.78 is 37.6. The fourth-order valence-corrected chi connectivity index (χ4v) is 4.47. The van der Waals surface area contributed by atoms with E-state index >= 15 is 0 Å². The number of aliphatic carboxylic acids is 1. The minimum Gasteiger partial charge on any atom is -0.489 e. The van der Waals surface area contributed by atoms with Crippen molar-refractivity contribution in [2.24, 2.45) is 0 Å². The summed E-state index contributed by atoms with van der Waals surface area (Å²) in [7, 11) is -3.76. The molecule has 1 aliphatic heterocycles. The highest BCUT2D eigenvalue weighted by Gasteiger charge is 2.41. The highest BCUT2D eigenvalue weighted by molar-refractivity contribution is 7.88. The summed E-state index contributed by atoms with van der Waals surface area (Å²) >= 11 is 0. The van der Waals surface area contributed by atoms with Crippen molar-refractivity contribution in [3.05, 3.63) is 59.7 Å². The molecule has 1 heterocycles. The standard InChI is InChI=1S/C21H25NO6S/c1-21(2)12-18(22(13-20(23)24)29(3,25)26)17-11-16(9-10-19(17)28-21)27-14-15-7-5-4-6-8-15/h4-11,18H,12-14H2,1-3H3,(H,23,24). The number of nitrogens with zero attached hydrogens (tertiary/aromatic N) is 1. The third kappa shape index (κ3) is 5.27. The molecule has 1 atom stereocenters. The van der Waals surface area contributed by atoms with Gasteiger partial charge >= 0.3 is 5.97 Å². The molecule has 0 fully saturated rings. The number of benzene rings is 2. The van der Waals surface area contributed by atoms with Crippen molar-refractivity contribution in [3.8, 4) is 11.5 Å². The number of sulfonamides is 1. The van der Waals surface area contributed by atoms with Crippen LogP contribution < -0.4 is 9.47 Å². The predicted octanol–water partition coefficient (Wildman–Crippen LogP) is 3.21. The fourth-order valence-electron chi connectivity index (χ4n) is 3.47. The predicted molar refractivity (Wildman–Crippen MR) is 108 cm³/mol. The van der Waals surface area contributed by atoms with Crippen molar-refractivity contribution in [1.29, 1.82) is 0 Å². The number of carbonyl (C=O) groups is 1. The lowest BCUT2D eigenvalue weighted by molar-refractivity contribution is -0.137. The van der Waals surface area contributed by atoms with Gasteiger partial charge in [0.1, 0.15) is 30.3 Å². The molecule has 2 aromatic carbocycles. The molecule has 1 aliphatic rings. The Balaban J connectivity index is 1.95. The van der Waals surface area contributed by atoms with Gasteiger partial charge in [0.25, 0.3) is 0 Å². The summed E-state index contributed by atoms with van der Waals surface area (Å²) in [4.78, 5) is 11.3. The summed E-state index contributed by atoms with van der Waals surface area (Å²) in [6.45, 7) is 3.45. The molecule has 29 heavy (non-hydrogen) atoms. The van der Waals surface area contributed by atoms with Crippen molar-refractivity contribution in [2.45, 2.75) is 38.5 Å². The van der Waals surface area contributed by atoms with Crippen LogP contribution >= 0.6 is 0 Å². The Bertz CT molecular complexity index is 987. The Morgan fingerprint density at radius 3 is 2.55 bits per heavy atom. The van der Waals surface area contributed by atoms with E-state index in [2.05, 4.69) is 0 Å². The lowest BCUT2D eigenvalue weighted by Gasteiger charge is -2.41. The zero-order valence-corrected chi connectivity index (χ0v) is 17.5. The van der Waals surface area contributed by atoms with Crippen LogP contribution in [-0.4, -0.2) is 42.2 Å². The third-order valence-electron chi connectivity index (χ3n) is 4.72. The zero-order valence-electron chi connectivity index (χ0n) is 16.7. The highest BCUT2D eigenvalue weighted by atomic mass is 32.2. The van der Waals surface area contributed by atoms with Gasteiger partial charge < -0.3 is 14.6 Å². The van der Waals surface area contributed by atoms with E-state index < -0.39 is 34.2 Å². The molecule has 156 valence electrons. The van der Waals surface area contributed by atoms with Crippen molar-refractivity contribution in [3.63, 3.8) is 0 Å². The van der Waals surface area contributed by atoms with Gasteiger partial charge in [-0.1, -0.05) is 30.3 Å². The lowest BCUT2D eigenvalue weighted by atomic mass is 9.89. The van der Waals surface area contributed by atoms with E-state index in [1.165, 1.54) is 0 Å². The molecule has 0 radical (unpaired) electrons. The first-order valence-corrected chi connectivity index (χ1v) is 11.1. The molecule has 0 amide bonds. The van der Waals surface area contributed by atoms with Crippen molar-refractivity contribution in [1.82, 2.24) is 4.31 Å². The van der Waals surface area contributed by atoms with Gasteiger partial charge in [0, 0.05) is 12.0 Å². The van der Waals surface area contributed by atoms with Gasteiger partial charge in [0.15, 0.2) is 0 Å². The van der Waals surface area contributed by atoms with Crippen LogP contribution in [0, 0.1) is 0 Å². The molecule has 0 aliphatic carbocycles. The Hall–Kier alpha value is -2.58. The number of rotatable bonds is 7.